The molecule has 2 nitrogen and oxygen atoms in total. The summed E-state index contributed by atoms with van der Waals surface area (Å²) in [4.78, 5) is 0. The lowest BCUT2D eigenvalue weighted by Gasteiger charge is -2.27. The van der Waals surface area contributed by atoms with E-state index in [1.807, 2.05) is 0 Å². The molecule has 0 heterocycles. The molecular weight excluding hydrogens is 471 g/mol. The van der Waals surface area contributed by atoms with E-state index in [1.54, 1.807) is 0 Å². The Hall–Kier alpha value is -1.23. The Balaban J connectivity index is 2.73. The zero-order chi connectivity index (χ0) is 21.4. The first-order chi connectivity index (χ1) is 14.1. The maximum absolute atomic E-state index is 5.88. The van der Waals surface area contributed by atoms with E-state index in [-0.39, 0.29) is 0 Å². The van der Waals surface area contributed by atoms with E-state index in [0.717, 1.165) is 41.6 Å². The van der Waals surface area contributed by atoms with Gasteiger partial charge in [0.05, 0.1) is 13.2 Å². The van der Waals surface area contributed by atoms with Crippen molar-refractivity contribution in [1.82, 2.24) is 0 Å². The van der Waals surface area contributed by atoms with Crippen LogP contribution in [0.3, 0.4) is 0 Å². The fraction of sp³-hybridized carbons (Fsp3) is 0.538. The van der Waals surface area contributed by atoms with Crippen LogP contribution in [-0.4, -0.2) is 17.6 Å². The third-order valence-electron chi connectivity index (χ3n) is 5.65. The Bertz CT molecular complexity index is 682. The van der Waals surface area contributed by atoms with Crippen LogP contribution in [0.4, 0.5) is 0 Å². The van der Waals surface area contributed by atoms with E-state index >= 15 is 0 Å². The highest BCUT2D eigenvalue weighted by atomic mass is 127. The molecule has 0 aliphatic rings. The standard InChI is InChI=1S/C26H37IO2/c1-7-18-13-22(28-11-5)14-19(8-2)25(18)24(17-27)26-20(9-3)15-23(29-12-6)16-21(26)10-4/h13-16,24H,7-12,17H2,1-6H3. The minimum Gasteiger partial charge on any atom is -0.494 e. The van der Waals surface area contributed by atoms with Crippen LogP contribution in [0, 0.1) is 0 Å². The van der Waals surface area contributed by atoms with E-state index in [2.05, 4.69) is 88.4 Å². The summed E-state index contributed by atoms with van der Waals surface area (Å²) < 4.78 is 12.8. The summed E-state index contributed by atoms with van der Waals surface area (Å²) in [6, 6.07) is 9.07. The van der Waals surface area contributed by atoms with Gasteiger partial charge in [-0.3, -0.25) is 0 Å². The molecule has 2 aromatic rings. The van der Waals surface area contributed by atoms with Crippen LogP contribution in [0.2, 0.25) is 0 Å². The van der Waals surface area contributed by atoms with Gasteiger partial charge in [-0.25, -0.2) is 0 Å². The number of rotatable bonds is 11. The van der Waals surface area contributed by atoms with Crippen molar-refractivity contribution in [2.24, 2.45) is 0 Å². The Morgan fingerprint density at radius 3 is 1.14 bits per heavy atom. The van der Waals surface area contributed by atoms with Crippen LogP contribution in [-0.2, 0) is 25.7 Å². The molecular formula is C26H37IO2. The van der Waals surface area contributed by atoms with Crippen LogP contribution in [0.15, 0.2) is 24.3 Å². The van der Waals surface area contributed by atoms with Gasteiger partial charge in [0, 0.05) is 10.3 Å². The first kappa shape index (κ1) is 24.0. The van der Waals surface area contributed by atoms with Crippen molar-refractivity contribution >= 4 is 22.6 Å². The van der Waals surface area contributed by atoms with Crippen molar-refractivity contribution in [3.05, 3.63) is 57.6 Å². The minimum absolute atomic E-state index is 0.400. The largest absolute Gasteiger partial charge is 0.494 e. The lowest BCUT2D eigenvalue weighted by Crippen LogP contribution is -2.15. The summed E-state index contributed by atoms with van der Waals surface area (Å²) >= 11 is 2.58. The highest BCUT2D eigenvalue weighted by Gasteiger charge is 2.25. The maximum Gasteiger partial charge on any atom is 0.119 e. The summed E-state index contributed by atoms with van der Waals surface area (Å²) in [7, 11) is 0. The van der Waals surface area contributed by atoms with Crippen LogP contribution in [0.25, 0.3) is 0 Å². The van der Waals surface area contributed by atoms with E-state index < -0.39 is 0 Å². The fourth-order valence-corrected chi connectivity index (χ4v) is 5.24. The van der Waals surface area contributed by atoms with Crippen LogP contribution >= 0.6 is 22.6 Å². The van der Waals surface area contributed by atoms with Gasteiger partial charge < -0.3 is 9.47 Å². The smallest absolute Gasteiger partial charge is 0.119 e. The number of hydrogen-bond acceptors (Lipinski definition) is 2. The van der Waals surface area contributed by atoms with E-state index in [0.29, 0.717) is 19.1 Å². The minimum atomic E-state index is 0.400. The van der Waals surface area contributed by atoms with Gasteiger partial charge >= 0.3 is 0 Å². The molecule has 0 saturated carbocycles. The molecule has 0 unspecified atom stereocenters. The normalized spacial score (nSPS) is 11.2. The molecule has 0 aliphatic heterocycles. The lowest BCUT2D eigenvalue weighted by molar-refractivity contribution is 0.339. The third-order valence-corrected chi connectivity index (χ3v) is 6.53. The quantitative estimate of drug-likeness (QED) is 0.234. The number of hydrogen-bond donors (Lipinski definition) is 0. The van der Waals surface area contributed by atoms with Crippen molar-refractivity contribution in [1.29, 1.82) is 0 Å². The van der Waals surface area contributed by atoms with Gasteiger partial charge in [0.2, 0.25) is 0 Å². The predicted molar refractivity (Wildman–Crippen MR) is 133 cm³/mol. The van der Waals surface area contributed by atoms with Gasteiger partial charge in [-0.2, -0.15) is 0 Å². The molecule has 0 N–H and O–H groups in total. The van der Waals surface area contributed by atoms with Crippen molar-refractivity contribution in [2.45, 2.75) is 73.1 Å². The average Bonchev–Trinajstić information content (AvgIpc) is 2.75. The summed E-state index contributed by atoms with van der Waals surface area (Å²) in [5.74, 6) is 2.42. The summed E-state index contributed by atoms with van der Waals surface area (Å²) in [6.07, 6.45) is 4.10. The molecule has 0 aromatic heterocycles. The SMILES string of the molecule is CCOc1cc(CC)c(C(CI)c2c(CC)cc(OCC)cc2CC)c(CC)c1. The highest BCUT2D eigenvalue weighted by molar-refractivity contribution is 14.1. The molecule has 29 heavy (non-hydrogen) atoms. The molecule has 160 valence electrons. The van der Waals surface area contributed by atoms with Gasteiger partial charge in [-0.1, -0.05) is 50.3 Å². The molecule has 0 bridgehead atoms. The van der Waals surface area contributed by atoms with E-state index in [4.69, 9.17) is 9.47 Å². The monoisotopic (exact) mass is 508 g/mol. The van der Waals surface area contributed by atoms with Crippen LogP contribution < -0.4 is 9.47 Å². The molecule has 0 fully saturated rings. The molecule has 0 saturated heterocycles. The topological polar surface area (TPSA) is 18.5 Å². The van der Waals surface area contributed by atoms with Crippen LogP contribution in [0.1, 0.15) is 80.8 Å². The van der Waals surface area contributed by atoms with Gasteiger partial charge in [0.25, 0.3) is 0 Å². The number of ether oxygens (including phenoxy) is 2. The average molecular weight is 508 g/mol. The number of aryl methyl sites for hydroxylation is 4. The second kappa shape index (κ2) is 11.8. The molecule has 0 atom stereocenters. The Morgan fingerprint density at radius 1 is 0.621 bits per heavy atom. The zero-order valence-electron chi connectivity index (χ0n) is 19.0. The second-order valence-corrected chi connectivity index (χ2v) is 8.18. The van der Waals surface area contributed by atoms with E-state index in [9.17, 15) is 0 Å². The number of alkyl halides is 1. The van der Waals surface area contributed by atoms with Crippen LogP contribution in [0.5, 0.6) is 11.5 Å². The van der Waals surface area contributed by atoms with Gasteiger partial charge in [0.15, 0.2) is 0 Å². The molecule has 0 amide bonds. The Labute approximate surface area is 191 Å². The number of halogens is 1. The summed E-state index contributed by atoms with van der Waals surface area (Å²) in [5.41, 5.74) is 8.72. The molecule has 0 spiro atoms. The van der Waals surface area contributed by atoms with Crippen molar-refractivity contribution in [3.63, 3.8) is 0 Å². The maximum atomic E-state index is 5.88. The van der Waals surface area contributed by atoms with Gasteiger partial charge in [0.1, 0.15) is 11.5 Å². The molecule has 0 aliphatic carbocycles. The summed E-state index contributed by atoms with van der Waals surface area (Å²) in [6.45, 7) is 14.6. The first-order valence-electron chi connectivity index (χ1n) is 11.2. The highest BCUT2D eigenvalue weighted by Crippen LogP contribution is 2.40. The van der Waals surface area contributed by atoms with Gasteiger partial charge in [-0.15, -0.1) is 0 Å². The third kappa shape index (κ3) is 5.48. The molecule has 2 aromatic carbocycles. The number of benzene rings is 2. The fourth-order valence-electron chi connectivity index (χ4n) is 4.36. The molecule has 2 rings (SSSR count). The second-order valence-electron chi connectivity index (χ2n) is 7.30. The van der Waals surface area contributed by atoms with Crippen molar-refractivity contribution < 1.29 is 9.47 Å². The Kier molecular flexibility index (Phi) is 9.81. The van der Waals surface area contributed by atoms with Crippen molar-refractivity contribution in [3.8, 4) is 11.5 Å². The Morgan fingerprint density at radius 2 is 0.931 bits per heavy atom. The molecule has 0 radical (unpaired) electrons. The predicted octanol–water partition coefficient (Wildman–Crippen LogP) is 7.30. The van der Waals surface area contributed by atoms with Crippen molar-refractivity contribution in [2.75, 3.05) is 17.6 Å². The lowest BCUT2D eigenvalue weighted by atomic mass is 9.79. The van der Waals surface area contributed by atoms with Gasteiger partial charge in [-0.05, 0) is 97.2 Å². The van der Waals surface area contributed by atoms with E-state index in [1.165, 1.54) is 33.4 Å². The summed E-state index contributed by atoms with van der Waals surface area (Å²) in [5, 5.41) is 0. The first-order valence-corrected chi connectivity index (χ1v) is 12.7. The zero-order valence-corrected chi connectivity index (χ0v) is 21.2. The molecule has 3 heteroatoms.